The van der Waals surface area contributed by atoms with Crippen molar-refractivity contribution in [3.05, 3.63) is 23.8 Å². The van der Waals surface area contributed by atoms with E-state index in [2.05, 4.69) is 5.32 Å². The summed E-state index contributed by atoms with van der Waals surface area (Å²) in [5.74, 6) is 1.27. The number of ether oxygens (including phenoxy) is 2. The van der Waals surface area contributed by atoms with Gasteiger partial charge in [-0.05, 0) is 24.6 Å². The number of carbonyl (C=O) groups is 1. The van der Waals surface area contributed by atoms with E-state index in [0.717, 1.165) is 11.3 Å². The predicted octanol–water partition coefficient (Wildman–Crippen LogP) is 1.06. The number of hydrogen-bond acceptors (Lipinski definition) is 4. The van der Waals surface area contributed by atoms with Gasteiger partial charge < -0.3 is 20.5 Å². The van der Waals surface area contributed by atoms with Crippen LogP contribution in [0.5, 0.6) is 11.5 Å². The van der Waals surface area contributed by atoms with Gasteiger partial charge in [-0.15, -0.1) is 0 Å². The van der Waals surface area contributed by atoms with Gasteiger partial charge in [-0.1, -0.05) is 6.92 Å². The van der Waals surface area contributed by atoms with Gasteiger partial charge in [0.1, 0.15) is 11.5 Å². The molecule has 1 unspecified atom stereocenters. The third-order valence-corrected chi connectivity index (χ3v) is 2.72. The summed E-state index contributed by atoms with van der Waals surface area (Å²) < 4.78 is 10.4. The standard InChI is InChI=1S/C13H20N2O3/c1-4-11(14)13(16)15-8-9-7-10(17-2)5-6-12(9)18-3/h5-7,11H,4,8,14H2,1-3H3,(H,15,16). The smallest absolute Gasteiger partial charge is 0.237 e. The van der Waals surface area contributed by atoms with Gasteiger partial charge in [0.25, 0.3) is 0 Å². The first-order chi connectivity index (χ1) is 8.62. The zero-order chi connectivity index (χ0) is 13.5. The van der Waals surface area contributed by atoms with Gasteiger partial charge >= 0.3 is 0 Å². The molecule has 0 heterocycles. The molecule has 0 aliphatic rings. The van der Waals surface area contributed by atoms with Crippen molar-refractivity contribution in [1.29, 1.82) is 0 Å². The van der Waals surface area contributed by atoms with Crippen LogP contribution in [0.25, 0.3) is 0 Å². The van der Waals surface area contributed by atoms with E-state index in [1.54, 1.807) is 20.3 Å². The normalized spacial score (nSPS) is 11.8. The zero-order valence-electron chi connectivity index (χ0n) is 11.0. The summed E-state index contributed by atoms with van der Waals surface area (Å²) in [7, 11) is 3.18. The van der Waals surface area contributed by atoms with Crippen molar-refractivity contribution in [3.8, 4) is 11.5 Å². The first-order valence-corrected chi connectivity index (χ1v) is 5.86. The molecule has 1 aromatic rings. The van der Waals surface area contributed by atoms with Crippen molar-refractivity contribution in [3.63, 3.8) is 0 Å². The number of amides is 1. The summed E-state index contributed by atoms with van der Waals surface area (Å²) in [6, 6.07) is 4.97. The van der Waals surface area contributed by atoms with Crippen LogP contribution in [-0.2, 0) is 11.3 Å². The lowest BCUT2D eigenvalue weighted by Crippen LogP contribution is -2.39. The Bertz CT molecular complexity index is 407. The van der Waals surface area contributed by atoms with Gasteiger partial charge in [0.15, 0.2) is 0 Å². The Morgan fingerprint density at radius 2 is 2.11 bits per heavy atom. The van der Waals surface area contributed by atoms with Crippen LogP contribution in [0.3, 0.4) is 0 Å². The Kier molecular flexibility index (Phi) is 5.45. The average Bonchev–Trinajstić information content (AvgIpc) is 2.43. The maximum Gasteiger partial charge on any atom is 0.237 e. The summed E-state index contributed by atoms with van der Waals surface area (Å²) in [6.07, 6.45) is 0.612. The Labute approximate surface area is 107 Å². The van der Waals surface area contributed by atoms with E-state index < -0.39 is 6.04 Å². The van der Waals surface area contributed by atoms with Gasteiger partial charge in [0, 0.05) is 12.1 Å². The van der Waals surface area contributed by atoms with Crippen molar-refractivity contribution >= 4 is 5.91 Å². The minimum absolute atomic E-state index is 0.164. The lowest BCUT2D eigenvalue weighted by Gasteiger charge is -2.13. The molecule has 100 valence electrons. The van der Waals surface area contributed by atoms with E-state index in [-0.39, 0.29) is 5.91 Å². The molecule has 5 heteroatoms. The molecule has 1 aromatic carbocycles. The molecule has 5 nitrogen and oxygen atoms in total. The Morgan fingerprint density at radius 1 is 1.39 bits per heavy atom. The van der Waals surface area contributed by atoms with Gasteiger partial charge in [-0.3, -0.25) is 4.79 Å². The molecule has 1 amide bonds. The molecule has 0 bridgehead atoms. The van der Waals surface area contributed by atoms with Crippen molar-refractivity contribution in [1.82, 2.24) is 5.32 Å². The summed E-state index contributed by atoms with van der Waals surface area (Å²) in [6.45, 7) is 2.24. The maximum atomic E-state index is 11.6. The number of rotatable bonds is 6. The van der Waals surface area contributed by atoms with E-state index in [9.17, 15) is 4.79 Å². The molecule has 1 atom stereocenters. The minimum Gasteiger partial charge on any atom is -0.497 e. The number of methoxy groups -OCH3 is 2. The number of carbonyl (C=O) groups excluding carboxylic acids is 1. The number of hydrogen-bond donors (Lipinski definition) is 2. The van der Waals surface area contributed by atoms with Crippen LogP contribution in [0.15, 0.2) is 18.2 Å². The van der Waals surface area contributed by atoms with E-state index in [1.807, 2.05) is 19.1 Å². The van der Waals surface area contributed by atoms with E-state index in [0.29, 0.717) is 18.7 Å². The first-order valence-electron chi connectivity index (χ1n) is 5.86. The number of nitrogens with two attached hydrogens (primary N) is 1. The molecule has 0 radical (unpaired) electrons. The molecule has 18 heavy (non-hydrogen) atoms. The molecule has 0 saturated heterocycles. The van der Waals surface area contributed by atoms with Crippen molar-refractivity contribution in [2.24, 2.45) is 5.73 Å². The second kappa shape index (κ2) is 6.86. The third-order valence-electron chi connectivity index (χ3n) is 2.72. The fraction of sp³-hybridized carbons (Fsp3) is 0.462. The highest BCUT2D eigenvalue weighted by atomic mass is 16.5. The van der Waals surface area contributed by atoms with Crippen LogP contribution in [-0.4, -0.2) is 26.2 Å². The van der Waals surface area contributed by atoms with Crippen LogP contribution in [0.1, 0.15) is 18.9 Å². The molecule has 0 aromatic heterocycles. The first kappa shape index (κ1) is 14.3. The highest BCUT2D eigenvalue weighted by Gasteiger charge is 2.12. The third kappa shape index (κ3) is 3.63. The summed E-state index contributed by atoms with van der Waals surface area (Å²) in [5.41, 5.74) is 6.49. The van der Waals surface area contributed by atoms with Crippen molar-refractivity contribution < 1.29 is 14.3 Å². The Hall–Kier alpha value is -1.75. The van der Waals surface area contributed by atoms with Gasteiger partial charge in [-0.25, -0.2) is 0 Å². The molecule has 3 N–H and O–H groups in total. The molecule has 0 spiro atoms. The van der Waals surface area contributed by atoms with Crippen LogP contribution in [0.2, 0.25) is 0 Å². The highest BCUT2D eigenvalue weighted by Crippen LogP contribution is 2.23. The molecular weight excluding hydrogens is 232 g/mol. The van der Waals surface area contributed by atoms with Gasteiger partial charge in [0.05, 0.1) is 20.3 Å². The second-order valence-electron chi connectivity index (χ2n) is 3.91. The van der Waals surface area contributed by atoms with E-state index in [1.165, 1.54) is 0 Å². The van der Waals surface area contributed by atoms with Gasteiger partial charge in [0.2, 0.25) is 5.91 Å². The van der Waals surface area contributed by atoms with E-state index in [4.69, 9.17) is 15.2 Å². The quantitative estimate of drug-likeness (QED) is 0.794. The number of benzene rings is 1. The van der Waals surface area contributed by atoms with Crippen molar-refractivity contribution in [2.75, 3.05) is 14.2 Å². The predicted molar refractivity (Wildman–Crippen MR) is 69.7 cm³/mol. The Balaban J connectivity index is 2.73. The average molecular weight is 252 g/mol. The fourth-order valence-corrected chi connectivity index (χ4v) is 1.52. The molecule has 0 fully saturated rings. The lowest BCUT2D eigenvalue weighted by molar-refractivity contribution is -0.122. The molecular formula is C13H20N2O3. The highest BCUT2D eigenvalue weighted by molar-refractivity contribution is 5.81. The summed E-state index contributed by atoms with van der Waals surface area (Å²) in [4.78, 5) is 11.6. The van der Waals surface area contributed by atoms with Crippen molar-refractivity contribution in [2.45, 2.75) is 25.9 Å². The largest absolute Gasteiger partial charge is 0.497 e. The van der Waals surface area contributed by atoms with Crippen LogP contribution in [0.4, 0.5) is 0 Å². The van der Waals surface area contributed by atoms with Crippen LogP contribution < -0.4 is 20.5 Å². The summed E-state index contributed by atoms with van der Waals surface area (Å²) in [5, 5.41) is 2.78. The molecule has 0 saturated carbocycles. The lowest BCUT2D eigenvalue weighted by atomic mass is 10.1. The minimum atomic E-state index is -0.471. The summed E-state index contributed by atoms with van der Waals surface area (Å²) >= 11 is 0. The molecule has 0 aliphatic heterocycles. The SMILES string of the molecule is CCC(N)C(=O)NCc1cc(OC)ccc1OC. The Morgan fingerprint density at radius 3 is 2.67 bits per heavy atom. The van der Waals surface area contributed by atoms with Crippen LogP contribution >= 0.6 is 0 Å². The number of nitrogens with one attached hydrogen (secondary N) is 1. The zero-order valence-corrected chi connectivity index (χ0v) is 11.0. The topological polar surface area (TPSA) is 73.6 Å². The maximum absolute atomic E-state index is 11.6. The molecule has 1 rings (SSSR count). The molecule has 0 aliphatic carbocycles. The monoisotopic (exact) mass is 252 g/mol. The van der Waals surface area contributed by atoms with Crippen LogP contribution in [0, 0.1) is 0 Å². The second-order valence-corrected chi connectivity index (χ2v) is 3.91. The van der Waals surface area contributed by atoms with E-state index >= 15 is 0 Å². The van der Waals surface area contributed by atoms with Gasteiger partial charge in [-0.2, -0.15) is 0 Å². The fourth-order valence-electron chi connectivity index (χ4n) is 1.52.